The molecule has 0 spiro atoms. The van der Waals surface area contributed by atoms with Crippen LogP contribution in [0.1, 0.15) is 32.1 Å². The first kappa shape index (κ1) is 17.3. The van der Waals surface area contributed by atoms with Crippen molar-refractivity contribution in [1.29, 1.82) is 0 Å². The average Bonchev–Trinajstić information content (AvgIpc) is 2.34. The zero-order valence-corrected chi connectivity index (χ0v) is 10.8. The van der Waals surface area contributed by atoms with Gasteiger partial charge in [0.25, 0.3) is 0 Å². The van der Waals surface area contributed by atoms with Crippen LogP contribution in [0.15, 0.2) is 0 Å². The summed E-state index contributed by atoms with van der Waals surface area (Å²) >= 11 is 0. The van der Waals surface area contributed by atoms with E-state index in [4.69, 9.17) is 22.3 Å². The van der Waals surface area contributed by atoms with E-state index in [2.05, 4.69) is 5.32 Å². The van der Waals surface area contributed by atoms with Crippen LogP contribution >= 0.6 is 0 Å². The van der Waals surface area contributed by atoms with Gasteiger partial charge < -0.3 is 27.6 Å². The van der Waals surface area contributed by atoms with Crippen LogP contribution in [0.25, 0.3) is 0 Å². The van der Waals surface area contributed by atoms with E-state index < -0.39 is 24.0 Å². The molecular weight excluding hydrogens is 252 g/mol. The fourth-order valence-electron chi connectivity index (χ4n) is 1.38. The van der Waals surface area contributed by atoms with Gasteiger partial charge in [-0.15, -0.1) is 0 Å². The van der Waals surface area contributed by atoms with E-state index in [0.717, 1.165) is 0 Å². The number of unbranched alkanes of at least 4 members (excludes halogenated alkanes) is 1. The van der Waals surface area contributed by atoms with Gasteiger partial charge in [-0.05, 0) is 25.7 Å². The maximum atomic E-state index is 11.5. The second-order valence-corrected chi connectivity index (χ2v) is 4.34. The van der Waals surface area contributed by atoms with Crippen molar-refractivity contribution in [3.8, 4) is 0 Å². The molecule has 0 saturated heterocycles. The topological polar surface area (TPSA) is 162 Å². The Bertz CT molecular complexity index is 322. The predicted molar refractivity (Wildman–Crippen MR) is 68.9 cm³/mol. The monoisotopic (exact) mass is 274 g/mol. The van der Waals surface area contributed by atoms with Crippen LogP contribution in [-0.2, 0) is 14.4 Å². The zero-order chi connectivity index (χ0) is 14.8. The van der Waals surface area contributed by atoms with Gasteiger partial charge in [-0.1, -0.05) is 0 Å². The second-order valence-electron chi connectivity index (χ2n) is 4.34. The van der Waals surface area contributed by atoms with E-state index in [0.29, 0.717) is 25.8 Å². The highest BCUT2D eigenvalue weighted by atomic mass is 16.4. The first-order chi connectivity index (χ1) is 8.84. The molecule has 0 aromatic carbocycles. The number of nitrogens with two attached hydrogens (primary N) is 3. The van der Waals surface area contributed by atoms with E-state index in [9.17, 15) is 14.4 Å². The maximum Gasteiger partial charge on any atom is 0.320 e. The highest BCUT2D eigenvalue weighted by Crippen LogP contribution is 1.99. The molecule has 0 unspecified atom stereocenters. The second kappa shape index (κ2) is 9.29. The van der Waals surface area contributed by atoms with Gasteiger partial charge in [0.2, 0.25) is 11.8 Å². The molecule has 2 amide bonds. The quantitative estimate of drug-likeness (QED) is 0.297. The lowest BCUT2D eigenvalue weighted by Gasteiger charge is -2.11. The van der Waals surface area contributed by atoms with E-state index in [1.807, 2.05) is 0 Å². The molecule has 19 heavy (non-hydrogen) atoms. The summed E-state index contributed by atoms with van der Waals surface area (Å²) in [7, 11) is 0. The molecule has 8 N–H and O–H groups in total. The SMILES string of the molecule is NC(=O)CC[C@H](N)C(=O)NCCCC[C@H](N)C(=O)O. The lowest BCUT2D eigenvalue weighted by atomic mass is 10.1. The molecule has 2 atom stereocenters. The largest absolute Gasteiger partial charge is 0.480 e. The molecule has 0 radical (unpaired) electrons. The summed E-state index contributed by atoms with van der Waals surface area (Å²) in [4.78, 5) is 32.4. The third-order valence-corrected chi connectivity index (χ3v) is 2.60. The van der Waals surface area contributed by atoms with Crippen molar-refractivity contribution >= 4 is 17.8 Å². The predicted octanol–water partition coefficient (Wildman–Crippen LogP) is -1.72. The van der Waals surface area contributed by atoms with E-state index in [-0.39, 0.29) is 18.7 Å². The molecule has 0 aromatic rings. The summed E-state index contributed by atoms with van der Waals surface area (Å²) in [5, 5.41) is 11.2. The number of rotatable bonds is 10. The summed E-state index contributed by atoms with van der Waals surface area (Å²) in [5.74, 6) is -1.87. The molecule has 0 rings (SSSR count). The molecule has 0 fully saturated rings. The van der Waals surface area contributed by atoms with Crippen molar-refractivity contribution in [2.75, 3.05) is 6.54 Å². The average molecular weight is 274 g/mol. The van der Waals surface area contributed by atoms with Crippen molar-refractivity contribution in [3.05, 3.63) is 0 Å². The third-order valence-electron chi connectivity index (χ3n) is 2.60. The van der Waals surface area contributed by atoms with Crippen LogP contribution in [0.3, 0.4) is 0 Å². The Morgan fingerprint density at radius 3 is 2.21 bits per heavy atom. The maximum absolute atomic E-state index is 11.5. The van der Waals surface area contributed by atoms with Crippen molar-refractivity contribution in [3.63, 3.8) is 0 Å². The van der Waals surface area contributed by atoms with Gasteiger partial charge in [-0.2, -0.15) is 0 Å². The van der Waals surface area contributed by atoms with Crippen LogP contribution in [-0.4, -0.2) is 41.5 Å². The number of carbonyl (C=O) groups is 3. The molecular formula is C11H22N4O4. The van der Waals surface area contributed by atoms with E-state index in [1.54, 1.807) is 0 Å². The number of carbonyl (C=O) groups excluding carboxylic acids is 2. The Balaban J connectivity index is 3.63. The van der Waals surface area contributed by atoms with Crippen LogP contribution in [0.2, 0.25) is 0 Å². The van der Waals surface area contributed by atoms with Gasteiger partial charge in [0.05, 0.1) is 6.04 Å². The highest BCUT2D eigenvalue weighted by molar-refractivity contribution is 5.82. The smallest absolute Gasteiger partial charge is 0.320 e. The van der Waals surface area contributed by atoms with Crippen molar-refractivity contribution in [2.45, 2.75) is 44.2 Å². The normalized spacial score (nSPS) is 13.6. The molecule has 110 valence electrons. The van der Waals surface area contributed by atoms with Crippen LogP contribution in [0, 0.1) is 0 Å². The number of nitrogens with one attached hydrogen (secondary N) is 1. The van der Waals surface area contributed by atoms with Gasteiger partial charge in [-0.3, -0.25) is 14.4 Å². The number of hydrogen-bond acceptors (Lipinski definition) is 5. The number of aliphatic carboxylic acids is 1. The summed E-state index contributed by atoms with van der Waals surface area (Å²) in [5.41, 5.74) is 15.8. The first-order valence-electron chi connectivity index (χ1n) is 6.14. The Morgan fingerprint density at radius 1 is 1.05 bits per heavy atom. The van der Waals surface area contributed by atoms with Crippen LogP contribution in [0.5, 0.6) is 0 Å². The van der Waals surface area contributed by atoms with E-state index in [1.165, 1.54) is 0 Å². The number of carboxylic acid groups (broad SMARTS) is 1. The minimum atomic E-state index is -1.03. The zero-order valence-electron chi connectivity index (χ0n) is 10.8. The third kappa shape index (κ3) is 8.97. The van der Waals surface area contributed by atoms with Gasteiger partial charge in [0, 0.05) is 13.0 Å². The lowest BCUT2D eigenvalue weighted by molar-refractivity contribution is -0.138. The molecule has 0 aliphatic carbocycles. The Morgan fingerprint density at radius 2 is 1.68 bits per heavy atom. The minimum absolute atomic E-state index is 0.0715. The molecule has 0 aliphatic rings. The molecule has 8 heteroatoms. The molecule has 8 nitrogen and oxygen atoms in total. The molecule has 0 heterocycles. The van der Waals surface area contributed by atoms with Crippen LogP contribution in [0.4, 0.5) is 0 Å². The first-order valence-corrected chi connectivity index (χ1v) is 6.14. The fourth-order valence-corrected chi connectivity index (χ4v) is 1.38. The summed E-state index contributed by atoms with van der Waals surface area (Å²) < 4.78 is 0. The molecule has 0 bridgehead atoms. The summed E-state index contributed by atoms with van der Waals surface area (Å²) in [6, 6.07) is -1.62. The number of primary amides is 1. The Labute approximate surface area is 111 Å². The number of amides is 2. The molecule has 0 aliphatic heterocycles. The standard InChI is InChI=1S/C11H22N4O4/c12-7(4-5-9(14)16)10(17)15-6-2-1-3-8(13)11(18)19/h7-8H,1-6,12-13H2,(H2,14,16)(H,15,17)(H,18,19)/t7-,8-/m0/s1. The Hall–Kier alpha value is -1.67. The summed E-state index contributed by atoms with van der Waals surface area (Å²) in [6.45, 7) is 0.398. The summed E-state index contributed by atoms with van der Waals surface area (Å²) in [6.07, 6.45) is 1.87. The van der Waals surface area contributed by atoms with Crippen LogP contribution < -0.4 is 22.5 Å². The van der Waals surface area contributed by atoms with Gasteiger partial charge in [0.1, 0.15) is 6.04 Å². The Kier molecular flexibility index (Phi) is 8.47. The van der Waals surface area contributed by atoms with Gasteiger partial charge in [0.15, 0.2) is 0 Å². The van der Waals surface area contributed by atoms with Crippen molar-refractivity contribution in [2.24, 2.45) is 17.2 Å². The molecule has 0 saturated carbocycles. The van der Waals surface area contributed by atoms with E-state index >= 15 is 0 Å². The fraction of sp³-hybridized carbons (Fsp3) is 0.727. The molecule has 0 aromatic heterocycles. The van der Waals surface area contributed by atoms with Crippen molar-refractivity contribution < 1.29 is 19.5 Å². The number of carboxylic acids is 1. The van der Waals surface area contributed by atoms with Gasteiger partial charge in [-0.25, -0.2) is 0 Å². The van der Waals surface area contributed by atoms with Crippen molar-refractivity contribution in [1.82, 2.24) is 5.32 Å². The highest BCUT2D eigenvalue weighted by Gasteiger charge is 2.14. The minimum Gasteiger partial charge on any atom is -0.480 e. The van der Waals surface area contributed by atoms with Gasteiger partial charge >= 0.3 is 5.97 Å². The lowest BCUT2D eigenvalue weighted by Crippen LogP contribution is -2.41. The number of hydrogen-bond donors (Lipinski definition) is 5.